The zero-order valence-electron chi connectivity index (χ0n) is 9.65. The molecule has 0 unspecified atom stereocenters. The molecule has 4 nitrogen and oxygen atoms in total. The van der Waals surface area contributed by atoms with E-state index in [1.807, 2.05) is 6.07 Å². The maximum absolute atomic E-state index is 11.9. The summed E-state index contributed by atoms with van der Waals surface area (Å²) in [5.41, 5.74) is 2.41. The van der Waals surface area contributed by atoms with Gasteiger partial charge in [-0.1, -0.05) is 6.07 Å². The molecule has 0 bridgehead atoms. The summed E-state index contributed by atoms with van der Waals surface area (Å²) in [7, 11) is -3.42. The standard InChI is InChI=1S/C12H17NO3S/c14-8-2-7-13-17(15,16)12-6-5-10-3-1-4-11(10)9-12/h5-6,9,13-14H,1-4,7-8H2. The Hall–Kier alpha value is -0.910. The van der Waals surface area contributed by atoms with E-state index < -0.39 is 10.0 Å². The number of aliphatic hydroxyl groups excluding tert-OH is 1. The van der Waals surface area contributed by atoms with Gasteiger partial charge in [-0.2, -0.15) is 0 Å². The summed E-state index contributed by atoms with van der Waals surface area (Å²) in [6.45, 7) is 0.266. The number of aryl methyl sites for hydroxylation is 2. The zero-order chi connectivity index (χ0) is 12.3. The van der Waals surface area contributed by atoms with Crippen LogP contribution in [0.3, 0.4) is 0 Å². The number of aliphatic hydroxyl groups is 1. The number of nitrogens with one attached hydrogen (secondary N) is 1. The Kier molecular flexibility index (Phi) is 3.81. The predicted octanol–water partition coefficient (Wildman–Crippen LogP) is 0.836. The number of hydrogen-bond donors (Lipinski definition) is 2. The molecule has 2 rings (SSSR count). The Morgan fingerprint density at radius 1 is 1.24 bits per heavy atom. The van der Waals surface area contributed by atoms with Crippen molar-refractivity contribution in [2.45, 2.75) is 30.6 Å². The van der Waals surface area contributed by atoms with E-state index in [2.05, 4.69) is 4.72 Å². The molecule has 2 N–H and O–H groups in total. The van der Waals surface area contributed by atoms with E-state index in [-0.39, 0.29) is 13.2 Å². The maximum atomic E-state index is 11.9. The van der Waals surface area contributed by atoms with Crippen LogP contribution in [-0.4, -0.2) is 26.7 Å². The molecule has 0 amide bonds. The van der Waals surface area contributed by atoms with Gasteiger partial charge in [0.15, 0.2) is 0 Å². The first-order valence-corrected chi connectivity index (χ1v) is 7.34. The number of sulfonamides is 1. The summed E-state index contributed by atoms with van der Waals surface area (Å²) in [5, 5.41) is 8.63. The summed E-state index contributed by atoms with van der Waals surface area (Å²) in [5.74, 6) is 0. The van der Waals surface area contributed by atoms with E-state index in [4.69, 9.17) is 5.11 Å². The Bertz CT molecular complexity index is 496. The second kappa shape index (κ2) is 5.16. The molecule has 0 radical (unpaired) electrons. The molecule has 0 saturated heterocycles. The molecule has 0 aliphatic heterocycles. The fraction of sp³-hybridized carbons (Fsp3) is 0.500. The number of benzene rings is 1. The van der Waals surface area contributed by atoms with Crippen LogP contribution >= 0.6 is 0 Å². The largest absolute Gasteiger partial charge is 0.396 e. The molecule has 1 aliphatic rings. The quantitative estimate of drug-likeness (QED) is 0.766. The number of fused-ring (bicyclic) bond motifs is 1. The molecule has 17 heavy (non-hydrogen) atoms. The molecule has 0 spiro atoms. The van der Waals surface area contributed by atoms with Gasteiger partial charge in [-0.05, 0) is 48.9 Å². The molecule has 1 aromatic rings. The van der Waals surface area contributed by atoms with E-state index in [1.165, 1.54) is 5.56 Å². The Labute approximate surface area is 102 Å². The SMILES string of the molecule is O=S(=O)(NCCCO)c1ccc2c(c1)CCC2. The molecule has 0 heterocycles. The fourth-order valence-corrected chi connectivity index (χ4v) is 3.21. The molecule has 1 aromatic carbocycles. The lowest BCUT2D eigenvalue weighted by atomic mass is 10.1. The van der Waals surface area contributed by atoms with Crippen molar-refractivity contribution < 1.29 is 13.5 Å². The van der Waals surface area contributed by atoms with Crippen molar-refractivity contribution in [1.29, 1.82) is 0 Å². The van der Waals surface area contributed by atoms with Crippen molar-refractivity contribution in [1.82, 2.24) is 4.72 Å². The van der Waals surface area contributed by atoms with Crippen molar-refractivity contribution in [3.05, 3.63) is 29.3 Å². The average Bonchev–Trinajstić information content (AvgIpc) is 2.76. The lowest BCUT2D eigenvalue weighted by molar-refractivity contribution is 0.289. The Morgan fingerprint density at radius 3 is 2.76 bits per heavy atom. The first-order valence-electron chi connectivity index (χ1n) is 5.86. The molecule has 0 aromatic heterocycles. The monoisotopic (exact) mass is 255 g/mol. The first kappa shape index (κ1) is 12.5. The Balaban J connectivity index is 2.16. The third-order valence-corrected chi connectivity index (χ3v) is 4.47. The summed E-state index contributed by atoms with van der Waals surface area (Å²) >= 11 is 0. The molecule has 5 heteroatoms. The molecule has 0 saturated carbocycles. The van der Waals surface area contributed by atoms with Crippen LogP contribution in [0.4, 0.5) is 0 Å². The third-order valence-electron chi connectivity index (χ3n) is 3.01. The van der Waals surface area contributed by atoms with Gasteiger partial charge in [-0.3, -0.25) is 0 Å². The van der Waals surface area contributed by atoms with Crippen molar-refractivity contribution in [3.63, 3.8) is 0 Å². The van der Waals surface area contributed by atoms with Crippen molar-refractivity contribution >= 4 is 10.0 Å². The van der Waals surface area contributed by atoms with Crippen molar-refractivity contribution in [3.8, 4) is 0 Å². The van der Waals surface area contributed by atoms with Crippen LogP contribution in [0.1, 0.15) is 24.0 Å². The van der Waals surface area contributed by atoms with Gasteiger partial charge < -0.3 is 5.11 Å². The fourth-order valence-electron chi connectivity index (χ4n) is 2.08. The lowest BCUT2D eigenvalue weighted by Crippen LogP contribution is -2.25. The Morgan fingerprint density at radius 2 is 2.00 bits per heavy atom. The summed E-state index contributed by atoms with van der Waals surface area (Å²) in [6, 6.07) is 5.33. The van der Waals surface area contributed by atoms with Gasteiger partial charge in [0.1, 0.15) is 0 Å². The van der Waals surface area contributed by atoms with Crippen LogP contribution in [0.25, 0.3) is 0 Å². The first-order chi connectivity index (χ1) is 8.13. The highest BCUT2D eigenvalue weighted by Crippen LogP contribution is 2.24. The van der Waals surface area contributed by atoms with Crippen LogP contribution in [-0.2, 0) is 22.9 Å². The zero-order valence-corrected chi connectivity index (χ0v) is 10.5. The predicted molar refractivity (Wildman–Crippen MR) is 65.4 cm³/mol. The highest BCUT2D eigenvalue weighted by atomic mass is 32.2. The molecule has 0 fully saturated rings. The van der Waals surface area contributed by atoms with Crippen LogP contribution in [0, 0.1) is 0 Å². The van der Waals surface area contributed by atoms with Crippen LogP contribution in [0.5, 0.6) is 0 Å². The van der Waals surface area contributed by atoms with E-state index in [1.54, 1.807) is 12.1 Å². The van der Waals surface area contributed by atoms with Crippen molar-refractivity contribution in [2.75, 3.05) is 13.2 Å². The minimum absolute atomic E-state index is 0.00723. The van der Waals surface area contributed by atoms with Gasteiger partial charge in [0.2, 0.25) is 10.0 Å². The van der Waals surface area contributed by atoms with Gasteiger partial charge in [-0.15, -0.1) is 0 Å². The molecular weight excluding hydrogens is 238 g/mol. The molecule has 1 aliphatic carbocycles. The van der Waals surface area contributed by atoms with Crippen LogP contribution in [0.15, 0.2) is 23.1 Å². The van der Waals surface area contributed by atoms with Gasteiger partial charge in [-0.25, -0.2) is 13.1 Å². The second-order valence-electron chi connectivity index (χ2n) is 4.26. The highest BCUT2D eigenvalue weighted by molar-refractivity contribution is 7.89. The number of rotatable bonds is 5. The highest BCUT2D eigenvalue weighted by Gasteiger charge is 2.17. The van der Waals surface area contributed by atoms with Crippen LogP contribution < -0.4 is 4.72 Å². The summed E-state index contributed by atoms with van der Waals surface area (Å²) in [4.78, 5) is 0.330. The molecule has 94 valence electrons. The van der Waals surface area contributed by atoms with Gasteiger partial charge in [0.05, 0.1) is 4.90 Å². The topological polar surface area (TPSA) is 66.4 Å². The van der Waals surface area contributed by atoms with E-state index in [0.29, 0.717) is 11.3 Å². The van der Waals surface area contributed by atoms with E-state index >= 15 is 0 Å². The summed E-state index contributed by atoms with van der Waals surface area (Å²) in [6.07, 6.45) is 3.56. The van der Waals surface area contributed by atoms with Gasteiger partial charge in [0, 0.05) is 13.2 Å². The smallest absolute Gasteiger partial charge is 0.240 e. The average molecular weight is 255 g/mol. The number of hydrogen-bond acceptors (Lipinski definition) is 3. The van der Waals surface area contributed by atoms with Crippen LogP contribution in [0.2, 0.25) is 0 Å². The minimum atomic E-state index is -3.42. The van der Waals surface area contributed by atoms with Gasteiger partial charge in [0.25, 0.3) is 0 Å². The minimum Gasteiger partial charge on any atom is -0.396 e. The summed E-state index contributed by atoms with van der Waals surface area (Å²) < 4.78 is 26.3. The van der Waals surface area contributed by atoms with E-state index in [9.17, 15) is 8.42 Å². The normalized spacial score (nSPS) is 14.9. The third kappa shape index (κ3) is 2.86. The molecular formula is C12H17NO3S. The second-order valence-corrected chi connectivity index (χ2v) is 6.03. The van der Waals surface area contributed by atoms with Crippen molar-refractivity contribution in [2.24, 2.45) is 0 Å². The maximum Gasteiger partial charge on any atom is 0.240 e. The lowest BCUT2D eigenvalue weighted by Gasteiger charge is -2.07. The molecule has 0 atom stereocenters. The van der Waals surface area contributed by atoms with Gasteiger partial charge >= 0.3 is 0 Å². The van der Waals surface area contributed by atoms with E-state index in [0.717, 1.165) is 24.8 Å².